The summed E-state index contributed by atoms with van der Waals surface area (Å²) in [5.41, 5.74) is 0. The normalized spacial score (nSPS) is 11.6. The zero-order valence-corrected chi connectivity index (χ0v) is 9.12. The average Bonchev–Trinajstić information content (AvgIpc) is 1.96. The summed E-state index contributed by atoms with van der Waals surface area (Å²) in [7, 11) is -0.763. The Bertz CT molecular complexity index is 99.7. The molecule has 0 aliphatic rings. The van der Waals surface area contributed by atoms with Gasteiger partial charge < -0.3 is 4.43 Å². The molecule has 0 unspecified atom stereocenters. The molecule has 0 atom stereocenters. The Morgan fingerprint density at radius 1 is 1.18 bits per heavy atom. The van der Waals surface area contributed by atoms with Crippen molar-refractivity contribution in [3.8, 4) is 0 Å². The number of unbranched alkanes of at least 4 members (excludes halogenated alkanes) is 1. The van der Waals surface area contributed by atoms with Gasteiger partial charge in [-0.1, -0.05) is 25.5 Å². The van der Waals surface area contributed by atoms with Crippen molar-refractivity contribution in [2.24, 2.45) is 0 Å². The molecule has 66 valence electrons. The van der Waals surface area contributed by atoms with Crippen LogP contribution in [0, 0.1) is 0 Å². The number of allylic oxidation sites excluding steroid dienone is 1. The Hall–Kier alpha value is -0.0831. The second kappa shape index (κ2) is 8.02. The maximum absolute atomic E-state index is 5.51. The highest BCUT2D eigenvalue weighted by atomic mass is 28.3. The van der Waals surface area contributed by atoms with Gasteiger partial charge in [0.15, 0.2) is 9.04 Å². The first-order valence-corrected chi connectivity index (χ1v) is 7.32. The van der Waals surface area contributed by atoms with Gasteiger partial charge in [0.25, 0.3) is 0 Å². The van der Waals surface area contributed by atoms with E-state index in [1.54, 1.807) is 0 Å². The van der Waals surface area contributed by atoms with Gasteiger partial charge in [-0.2, -0.15) is 0 Å². The summed E-state index contributed by atoms with van der Waals surface area (Å²) in [6.07, 6.45) is 8.01. The Morgan fingerprint density at radius 3 is 2.36 bits per heavy atom. The first-order chi connectivity index (χ1) is 5.27. The highest BCUT2D eigenvalue weighted by Crippen LogP contribution is 1.93. The Morgan fingerprint density at radius 2 is 1.82 bits per heavy atom. The van der Waals surface area contributed by atoms with E-state index in [-0.39, 0.29) is 0 Å². The number of hydrogen-bond donors (Lipinski definition) is 0. The molecule has 0 aromatic rings. The molecule has 0 aromatic carbocycles. The molecule has 1 nitrogen and oxygen atoms in total. The van der Waals surface area contributed by atoms with Crippen molar-refractivity contribution >= 4 is 9.04 Å². The van der Waals surface area contributed by atoms with Crippen LogP contribution in [0.1, 0.15) is 26.2 Å². The van der Waals surface area contributed by atoms with E-state index in [2.05, 4.69) is 32.2 Å². The quantitative estimate of drug-likeness (QED) is 0.340. The largest absolute Gasteiger partial charge is 0.420 e. The predicted molar refractivity (Wildman–Crippen MR) is 53.5 cm³/mol. The molecular formula is C9H20OSi. The molecular weight excluding hydrogens is 152 g/mol. The van der Waals surface area contributed by atoms with Crippen LogP contribution in [-0.4, -0.2) is 15.6 Å². The van der Waals surface area contributed by atoms with Crippen LogP contribution in [0.5, 0.6) is 0 Å². The Kier molecular flexibility index (Phi) is 7.96. The van der Waals surface area contributed by atoms with Gasteiger partial charge in [-0.15, -0.1) is 0 Å². The molecule has 0 spiro atoms. The molecule has 0 radical (unpaired) electrons. The van der Waals surface area contributed by atoms with Crippen molar-refractivity contribution in [2.75, 3.05) is 6.61 Å². The molecule has 0 aromatic heterocycles. The van der Waals surface area contributed by atoms with E-state index >= 15 is 0 Å². The van der Waals surface area contributed by atoms with Crippen molar-refractivity contribution in [1.82, 2.24) is 0 Å². The zero-order chi connectivity index (χ0) is 8.53. The lowest BCUT2D eigenvalue weighted by Crippen LogP contribution is -2.07. The predicted octanol–water partition coefficient (Wildman–Crippen LogP) is 2.73. The van der Waals surface area contributed by atoms with Gasteiger partial charge in [0.1, 0.15) is 0 Å². The first-order valence-electron chi connectivity index (χ1n) is 4.54. The third kappa shape index (κ3) is 9.92. The van der Waals surface area contributed by atoms with Gasteiger partial charge in [-0.05, 0) is 25.9 Å². The van der Waals surface area contributed by atoms with Gasteiger partial charge in [-0.25, -0.2) is 0 Å². The second-order valence-corrected chi connectivity index (χ2v) is 5.40. The topological polar surface area (TPSA) is 9.23 Å². The average molecular weight is 172 g/mol. The molecule has 0 heterocycles. The lowest BCUT2D eigenvalue weighted by Gasteiger charge is -2.02. The molecule has 0 bridgehead atoms. The second-order valence-electron chi connectivity index (χ2n) is 2.97. The molecule has 0 saturated carbocycles. The Balaban J connectivity index is 3.01. The summed E-state index contributed by atoms with van der Waals surface area (Å²) in [5.74, 6) is 0. The summed E-state index contributed by atoms with van der Waals surface area (Å²) in [4.78, 5) is 0. The van der Waals surface area contributed by atoms with Crippen molar-refractivity contribution in [1.29, 1.82) is 0 Å². The van der Waals surface area contributed by atoms with Crippen molar-refractivity contribution in [3.63, 3.8) is 0 Å². The fourth-order valence-electron chi connectivity index (χ4n) is 0.774. The van der Waals surface area contributed by atoms with Gasteiger partial charge in [0.2, 0.25) is 0 Å². The minimum absolute atomic E-state index is 0.763. The maximum atomic E-state index is 5.51. The van der Waals surface area contributed by atoms with E-state index < -0.39 is 9.04 Å². The highest BCUT2D eigenvalue weighted by molar-refractivity contribution is 6.48. The molecule has 0 fully saturated rings. The molecule has 0 aliphatic carbocycles. The molecule has 0 amide bonds. The highest BCUT2D eigenvalue weighted by Gasteiger charge is 1.91. The minimum Gasteiger partial charge on any atom is -0.420 e. The number of hydrogen-bond acceptors (Lipinski definition) is 1. The standard InChI is InChI=1S/C9H20OSi/c1-4-5-6-7-8-9-10-11(2)3/h6-7,11H,4-5,8-9H2,1-3H3. The van der Waals surface area contributed by atoms with Crippen LogP contribution in [-0.2, 0) is 4.43 Å². The van der Waals surface area contributed by atoms with E-state index in [1.807, 2.05) is 0 Å². The molecule has 0 aliphatic heterocycles. The summed E-state index contributed by atoms with van der Waals surface area (Å²) < 4.78 is 5.51. The van der Waals surface area contributed by atoms with E-state index in [0.717, 1.165) is 13.0 Å². The SMILES string of the molecule is CCCC=CCCO[SiH](C)C. The maximum Gasteiger partial charge on any atom is 0.170 e. The summed E-state index contributed by atoms with van der Waals surface area (Å²) in [6.45, 7) is 7.53. The third-order valence-electron chi connectivity index (χ3n) is 1.36. The van der Waals surface area contributed by atoms with Gasteiger partial charge in [-0.3, -0.25) is 0 Å². The van der Waals surface area contributed by atoms with Crippen LogP contribution in [0.4, 0.5) is 0 Å². The van der Waals surface area contributed by atoms with Gasteiger partial charge in [0.05, 0.1) is 0 Å². The van der Waals surface area contributed by atoms with E-state index in [4.69, 9.17) is 4.43 Å². The smallest absolute Gasteiger partial charge is 0.170 e. The summed E-state index contributed by atoms with van der Waals surface area (Å²) >= 11 is 0. The molecule has 0 rings (SSSR count). The summed E-state index contributed by atoms with van der Waals surface area (Å²) in [5, 5.41) is 0. The third-order valence-corrected chi connectivity index (χ3v) is 2.26. The fraction of sp³-hybridized carbons (Fsp3) is 0.778. The van der Waals surface area contributed by atoms with Crippen LogP contribution < -0.4 is 0 Å². The molecule has 0 N–H and O–H groups in total. The van der Waals surface area contributed by atoms with Crippen molar-refractivity contribution in [3.05, 3.63) is 12.2 Å². The van der Waals surface area contributed by atoms with Crippen LogP contribution in [0.3, 0.4) is 0 Å². The molecule has 2 heteroatoms. The molecule has 0 saturated heterocycles. The first kappa shape index (κ1) is 10.9. The lowest BCUT2D eigenvalue weighted by atomic mass is 10.3. The van der Waals surface area contributed by atoms with E-state index in [9.17, 15) is 0 Å². The van der Waals surface area contributed by atoms with Crippen LogP contribution in [0.15, 0.2) is 12.2 Å². The Labute approximate surface area is 72.2 Å². The minimum atomic E-state index is -0.763. The molecule has 11 heavy (non-hydrogen) atoms. The number of rotatable bonds is 6. The van der Waals surface area contributed by atoms with Crippen molar-refractivity contribution in [2.45, 2.75) is 39.3 Å². The zero-order valence-electron chi connectivity index (χ0n) is 7.97. The lowest BCUT2D eigenvalue weighted by molar-refractivity contribution is 0.334. The van der Waals surface area contributed by atoms with Crippen LogP contribution in [0.2, 0.25) is 13.1 Å². The van der Waals surface area contributed by atoms with Gasteiger partial charge >= 0.3 is 0 Å². The van der Waals surface area contributed by atoms with Crippen LogP contribution >= 0.6 is 0 Å². The van der Waals surface area contributed by atoms with Crippen LogP contribution in [0.25, 0.3) is 0 Å². The van der Waals surface area contributed by atoms with Gasteiger partial charge in [0, 0.05) is 6.61 Å². The summed E-state index contributed by atoms with van der Waals surface area (Å²) in [6, 6.07) is 0. The fourth-order valence-corrected chi connectivity index (χ4v) is 1.38. The monoisotopic (exact) mass is 172 g/mol. The van der Waals surface area contributed by atoms with E-state index in [1.165, 1.54) is 12.8 Å². The van der Waals surface area contributed by atoms with Crippen molar-refractivity contribution < 1.29 is 4.43 Å². The van der Waals surface area contributed by atoms with E-state index in [0.29, 0.717) is 0 Å².